The molecule has 1 unspecified atom stereocenters. The van der Waals surface area contributed by atoms with Gasteiger partial charge < -0.3 is 15.1 Å². The van der Waals surface area contributed by atoms with Gasteiger partial charge in [-0.15, -0.1) is 0 Å². The number of H-pyrrole nitrogens is 1. The van der Waals surface area contributed by atoms with Crippen molar-refractivity contribution in [3.8, 4) is 0 Å². The molecule has 4 atom stereocenters. The van der Waals surface area contributed by atoms with Gasteiger partial charge in [0.1, 0.15) is 6.10 Å². The van der Waals surface area contributed by atoms with Crippen LogP contribution < -0.4 is 16.7 Å². The largest absolute Gasteiger partial charge is 0.394 e. The molecule has 1 aliphatic heterocycles. The normalized spacial score (nSPS) is 31.7. The zero-order valence-electron chi connectivity index (χ0n) is 9.12. The molecule has 1 aromatic heterocycles. The van der Waals surface area contributed by atoms with E-state index in [4.69, 9.17) is 15.1 Å². The Morgan fingerprint density at radius 2 is 2.28 bits per heavy atom. The lowest BCUT2D eigenvalue weighted by Gasteiger charge is -2.15. The highest BCUT2D eigenvalue weighted by molar-refractivity contribution is 4.95. The minimum absolute atomic E-state index is 0.521. The summed E-state index contributed by atoms with van der Waals surface area (Å²) in [6.07, 6.45) is -2.98. The van der Waals surface area contributed by atoms with Crippen molar-refractivity contribution in [2.45, 2.75) is 24.5 Å². The molecule has 0 aromatic carbocycles. The van der Waals surface area contributed by atoms with Crippen molar-refractivity contribution in [1.29, 1.82) is 0 Å². The second kappa shape index (κ2) is 4.98. The van der Waals surface area contributed by atoms with E-state index in [-0.39, 0.29) is 0 Å². The number of rotatable bonds is 3. The highest BCUT2D eigenvalue weighted by atomic mass is 19.1. The van der Waals surface area contributed by atoms with Crippen LogP contribution in [0.25, 0.3) is 0 Å². The van der Waals surface area contributed by atoms with Gasteiger partial charge in [-0.05, 0) is 0 Å². The van der Waals surface area contributed by atoms with Crippen molar-refractivity contribution in [2.24, 2.45) is 0 Å². The van der Waals surface area contributed by atoms with E-state index in [9.17, 15) is 14.0 Å². The van der Waals surface area contributed by atoms with Crippen molar-refractivity contribution in [1.82, 2.24) is 15.0 Å². The van der Waals surface area contributed by atoms with Gasteiger partial charge >= 0.3 is 5.69 Å². The SMILES string of the molecule is O=c1ccn([C@@H]2O[C@H](CO)C(NO)[C@H]2F)c(=O)[nH]1. The van der Waals surface area contributed by atoms with Crippen LogP contribution >= 0.6 is 0 Å². The van der Waals surface area contributed by atoms with E-state index in [1.54, 1.807) is 5.48 Å². The molecule has 1 saturated heterocycles. The molecule has 0 spiro atoms. The van der Waals surface area contributed by atoms with Gasteiger partial charge in [0.05, 0.1) is 12.6 Å². The van der Waals surface area contributed by atoms with Crippen molar-refractivity contribution >= 4 is 0 Å². The molecule has 0 amide bonds. The number of alkyl halides is 1. The lowest BCUT2D eigenvalue weighted by atomic mass is 10.1. The number of aromatic amines is 1. The van der Waals surface area contributed by atoms with E-state index in [2.05, 4.69) is 0 Å². The molecule has 2 rings (SSSR count). The number of halogens is 1. The zero-order valence-corrected chi connectivity index (χ0v) is 9.12. The molecule has 0 bridgehead atoms. The smallest absolute Gasteiger partial charge is 0.330 e. The first-order chi connectivity index (χ1) is 8.58. The number of ether oxygens (including phenoxy) is 1. The van der Waals surface area contributed by atoms with Gasteiger partial charge in [0.25, 0.3) is 5.56 Å². The Bertz CT molecular complexity index is 529. The van der Waals surface area contributed by atoms with Crippen molar-refractivity contribution in [3.63, 3.8) is 0 Å². The highest BCUT2D eigenvalue weighted by Crippen LogP contribution is 2.30. The predicted molar refractivity (Wildman–Crippen MR) is 55.9 cm³/mol. The molecule has 0 saturated carbocycles. The second-order valence-corrected chi connectivity index (χ2v) is 3.86. The van der Waals surface area contributed by atoms with Crippen LogP contribution in [0.15, 0.2) is 21.9 Å². The highest BCUT2D eigenvalue weighted by Gasteiger charge is 2.46. The Morgan fingerprint density at radius 3 is 2.78 bits per heavy atom. The number of nitrogens with zero attached hydrogens (tertiary/aromatic N) is 1. The number of aliphatic hydroxyl groups excluding tert-OH is 1. The van der Waals surface area contributed by atoms with E-state index < -0.39 is 42.4 Å². The van der Waals surface area contributed by atoms with Crippen LogP contribution in [0, 0.1) is 0 Å². The quantitative estimate of drug-likeness (QED) is 0.473. The van der Waals surface area contributed by atoms with Crippen molar-refractivity contribution in [3.05, 3.63) is 33.1 Å². The van der Waals surface area contributed by atoms with E-state index in [0.29, 0.717) is 0 Å². The average molecular weight is 261 g/mol. The number of hydrogen-bond donors (Lipinski definition) is 4. The Morgan fingerprint density at radius 1 is 1.56 bits per heavy atom. The molecule has 1 aromatic rings. The Kier molecular flexibility index (Phi) is 3.57. The van der Waals surface area contributed by atoms with Crippen LogP contribution in [0.4, 0.5) is 4.39 Å². The fourth-order valence-electron chi connectivity index (χ4n) is 1.88. The standard InChI is InChI=1S/C9H12FN3O5/c10-6-7(12-17)4(3-14)18-8(6)13-2-1-5(15)11-9(13)16/h1-2,4,6-8,12,14,17H,3H2,(H,11,15,16)/t4-,6-,7?,8-/m1/s1. The van der Waals surface area contributed by atoms with Gasteiger partial charge in [-0.3, -0.25) is 14.3 Å². The third kappa shape index (κ3) is 2.08. The van der Waals surface area contributed by atoms with Crippen molar-refractivity contribution in [2.75, 3.05) is 6.61 Å². The zero-order chi connectivity index (χ0) is 13.3. The minimum atomic E-state index is -1.75. The number of aliphatic hydroxyl groups is 1. The molecule has 9 heteroatoms. The van der Waals surface area contributed by atoms with Crippen LogP contribution in [0.3, 0.4) is 0 Å². The topological polar surface area (TPSA) is 117 Å². The monoisotopic (exact) mass is 261 g/mol. The molecule has 1 fully saturated rings. The summed E-state index contributed by atoms with van der Waals surface area (Å²) >= 11 is 0. The number of aromatic nitrogens is 2. The van der Waals surface area contributed by atoms with Crippen LogP contribution in [-0.2, 0) is 4.74 Å². The molecular weight excluding hydrogens is 249 g/mol. The molecule has 1 aliphatic rings. The first kappa shape index (κ1) is 12.9. The second-order valence-electron chi connectivity index (χ2n) is 3.86. The molecular formula is C9H12FN3O5. The lowest BCUT2D eigenvalue weighted by Crippen LogP contribution is -2.43. The summed E-state index contributed by atoms with van der Waals surface area (Å²) < 4.78 is 19.9. The molecule has 100 valence electrons. The number of hydroxylamine groups is 1. The molecule has 18 heavy (non-hydrogen) atoms. The summed E-state index contributed by atoms with van der Waals surface area (Å²) in [6, 6.07) is -0.107. The lowest BCUT2D eigenvalue weighted by molar-refractivity contribution is -0.0446. The van der Waals surface area contributed by atoms with Crippen LogP contribution in [0.1, 0.15) is 6.23 Å². The summed E-state index contributed by atoms with van der Waals surface area (Å²) in [6.45, 7) is -0.521. The summed E-state index contributed by atoms with van der Waals surface area (Å²) in [4.78, 5) is 24.3. The average Bonchev–Trinajstić information content (AvgIpc) is 2.66. The Hall–Kier alpha value is -1.55. The van der Waals surface area contributed by atoms with Crippen LogP contribution in [-0.4, -0.2) is 44.8 Å². The van der Waals surface area contributed by atoms with Gasteiger partial charge in [0.2, 0.25) is 0 Å². The molecule has 8 nitrogen and oxygen atoms in total. The first-order valence-corrected chi connectivity index (χ1v) is 5.20. The van der Waals surface area contributed by atoms with E-state index in [1.807, 2.05) is 4.98 Å². The van der Waals surface area contributed by atoms with Gasteiger partial charge in [-0.1, -0.05) is 0 Å². The fraction of sp³-hybridized carbons (Fsp3) is 0.556. The fourth-order valence-corrected chi connectivity index (χ4v) is 1.88. The minimum Gasteiger partial charge on any atom is -0.394 e. The van der Waals surface area contributed by atoms with Crippen molar-refractivity contribution < 1.29 is 19.4 Å². The summed E-state index contributed by atoms with van der Waals surface area (Å²) in [5.74, 6) is 0. The Balaban J connectivity index is 2.34. The van der Waals surface area contributed by atoms with Gasteiger partial charge in [0.15, 0.2) is 12.4 Å². The number of hydrogen-bond acceptors (Lipinski definition) is 6. The predicted octanol–water partition coefficient (Wildman–Crippen LogP) is -1.89. The molecule has 4 N–H and O–H groups in total. The van der Waals surface area contributed by atoms with Gasteiger partial charge in [-0.25, -0.2) is 9.18 Å². The summed E-state index contributed by atoms with van der Waals surface area (Å²) in [5.41, 5.74) is 0.259. The van der Waals surface area contributed by atoms with Gasteiger partial charge in [0, 0.05) is 12.3 Å². The summed E-state index contributed by atoms with van der Waals surface area (Å²) in [5, 5.41) is 17.8. The van der Waals surface area contributed by atoms with Crippen LogP contribution in [0.2, 0.25) is 0 Å². The van der Waals surface area contributed by atoms with E-state index in [0.717, 1.165) is 16.8 Å². The molecule has 0 aliphatic carbocycles. The van der Waals surface area contributed by atoms with E-state index in [1.165, 1.54) is 0 Å². The molecule has 2 heterocycles. The first-order valence-electron chi connectivity index (χ1n) is 5.20. The van der Waals surface area contributed by atoms with E-state index >= 15 is 0 Å². The maximum absolute atomic E-state index is 13.9. The van der Waals surface area contributed by atoms with Gasteiger partial charge in [-0.2, -0.15) is 5.48 Å². The Labute approximate surface area is 99.6 Å². The number of nitrogens with one attached hydrogen (secondary N) is 2. The summed E-state index contributed by atoms with van der Waals surface area (Å²) in [7, 11) is 0. The molecule has 0 radical (unpaired) electrons. The van der Waals surface area contributed by atoms with Crippen LogP contribution in [0.5, 0.6) is 0 Å². The third-order valence-corrected chi connectivity index (χ3v) is 2.78. The maximum Gasteiger partial charge on any atom is 0.330 e. The third-order valence-electron chi connectivity index (χ3n) is 2.78. The maximum atomic E-state index is 13.9.